The van der Waals surface area contributed by atoms with Crippen molar-refractivity contribution in [2.24, 2.45) is 0 Å². The van der Waals surface area contributed by atoms with Crippen LogP contribution in [0.1, 0.15) is 11.1 Å². The largest absolute Gasteiger partial charge is 0.480 e. The average Bonchev–Trinajstić information content (AvgIpc) is 2.71. The van der Waals surface area contributed by atoms with Crippen LogP contribution < -0.4 is 10.6 Å². The van der Waals surface area contributed by atoms with E-state index in [1.54, 1.807) is 36.4 Å². The molecule has 0 spiro atoms. The SMILES string of the molecule is O=C(N[C@H](Cc1ccccc1)C(=O)N[C@@H](CO)C(=O)O)OCc1ccccc1. The van der Waals surface area contributed by atoms with Gasteiger partial charge in [-0.05, 0) is 11.1 Å². The van der Waals surface area contributed by atoms with Crippen LogP contribution in [0.4, 0.5) is 4.79 Å². The fraction of sp³-hybridized carbons (Fsp3) is 0.250. The van der Waals surface area contributed by atoms with E-state index < -0.39 is 36.7 Å². The molecule has 0 aliphatic heterocycles. The van der Waals surface area contributed by atoms with Gasteiger partial charge in [-0.3, -0.25) is 4.79 Å². The number of aliphatic hydroxyl groups is 1. The predicted molar refractivity (Wildman–Crippen MR) is 100 cm³/mol. The van der Waals surface area contributed by atoms with Crippen LogP contribution in [-0.2, 0) is 27.4 Å². The van der Waals surface area contributed by atoms with Gasteiger partial charge in [0.2, 0.25) is 5.91 Å². The van der Waals surface area contributed by atoms with E-state index in [9.17, 15) is 14.4 Å². The van der Waals surface area contributed by atoms with Gasteiger partial charge in [-0.15, -0.1) is 0 Å². The molecule has 0 fully saturated rings. The van der Waals surface area contributed by atoms with E-state index in [-0.39, 0.29) is 13.0 Å². The number of carboxylic acid groups (broad SMARTS) is 1. The van der Waals surface area contributed by atoms with E-state index in [0.717, 1.165) is 11.1 Å². The molecule has 0 aliphatic rings. The number of nitrogens with one attached hydrogen (secondary N) is 2. The fourth-order valence-corrected chi connectivity index (χ4v) is 2.42. The lowest BCUT2D eigenvalue weighted by Crippen LogP contribution is -2.53. The Hall–Kier alpha value is -3.39. The molecule has 0 unspecified atom stereocenters. The van der Waals surface area contributed by atoms with Gasteiger partial charge in [0.05, 0.1) is 6.61 Å². The smallest absolute Gasteiger partial charge is 0.408 e. The molecule has 148 valence electrons. The molecule has 0 aromatic heterocycles. The van der Waals surface area contributed by atoms with Gasteiger partial charge < -0.3 is 25.6 Å². The summed E-state index contributed by atoms with van der Waals surface area (Å²) in [5.41, 5.74) is 1.55. The van der Waals surface area contributed by atoms with Crippen LogP contribution >= 0.6 is 0 Å². The molecule has 0 saturated heterocycles. The molecule has 0 bridgehead atoms. The third kappa shape index (κ3) is 6.73. The van der Waals surface area contributed by atoms with Gasteiger partial charge in [-0.2, -0.15) is 0 Å². The fourth-order valence-electron chi connectivity index (χ4n) is 2.42. The summed E-state index contributed by atoms with van der Waals surface area (Å²) in [6.07, 6.45) is -0.680. The molecule has 0 aliphatic carbocycles. The van der Waals surface area contributed by atoms with Gasteiger partial charge in [-0.1, -0.05) is 60.7 Å². The Morgan fingerprint density at radius 3 is 1.96 bits per heavy atom. The van der Waals surface area contributed by atoms with Crippen LogP contribution in [0.15, 0.2) is 60.7 Å². The summed E-state index contributed by atoms with van der Waals surface area (Å²) in [6, 6.07) is 15.4. The zero-order valence-corrected chi connectivity index (χ0v) is 15.1. The van der Waals surface area contributed by atoms with Crippen LogP contribution in [-0.4, -0.2) is 46.9 Å². The zero-order valence-electron chi connectivity index (χ0n) is 15.1. The average molecular weight is 386 g/mol. The number of alkyl carbamates (subject to hydrolysis) is 1. The van der Waals surface area contributed by atoms with E-state index in [1.807, 2.05) is 24.3 Å². The maximum atomic E-state index is 12.5. The first kappa shape index (κ1) is 20.9. The summed E-state index contributed by atoms with van der Waals surface area (Å²) >= 11 is 0. The summed E-state index contributed by atoms with van der Waals surface area (Å²) in [4.78, 5) is 35.6. The minimum Gasteiger partial charge on any atom is -0.480 e. The highest BCUT2D eigenvalue weighted by Gasteiger charge is 2.26. The van der Waals surface area contributed by atoms with Gasteiger partial charge >= 0.3 is 12.1 Å². The van der Waals surface area contributed by atoms with Crippen molar-refractivity contribution in [1.82, 2.24) is 10.6 Å². The second-order valence-corrected chi connectivity index (χ2v) is 6.03. The van der Waals surface area contributed by atoms with Crippen LogP contribution in [0.25, 0.3) is 0 Å². The topological polar surface area (TPSA) is 125 Å². The molecule has 2 atom stereocenters. The molecule has 0 radical (unpaired) electrons. The minimum absolute atomic E-state index is 0.0285. The van der Waals surface area contributed by atoms with Crippen molar-refractivity contribution in [3.8, 4) is 0 Å². The third-order valence-corrected chi connectivity index (χ3v) is 3.90. The highest BCUT2D eigenvalue weighted by atomic mass is 16.5. The summed E-state index contributed by atoms with van der Waals surface area (Å²) in [5, 5.41) is 22.8. The van der Waals surface area contributed by atoms with Crippen molar-refractivity contribution >= 4 is 18.0 Å². The van der Waals surface area contributed by atoms with Gasteiger partial charge in [0.15, 0.2) is 0 Å². The molecule has 28 heavy (non-hydrogen) atoms. The molecule has 0 heterocycles. The summed E-state index contributed by atoms with van der Waals surface area (Å²) < 4.78 is 5.13. The second-order valence-electron chi connectivity index (χ2n) is 6.03. The van der Waals surface area contributed by atoms with Crippen molar-refractivity contribution in [1.29, 1.82) is 0 Å². The number of benzene rings is 2. The first-order chi connectivity index (χ1) is 13.5. The number of hydrogen-bond acceptors (Lipinski definition) is 5. The molecule has 8 nitrogen and oxygen atoms in total. The molecule has 2 aromatic carbocycles. The number of carboxylic acids is 1. The highest BCUT2D eigenvalue weighted by molar-refractivity contribution is 5.89. The number of hydrogen-bond donors (Lipinski definition) is 4. The predicted octanol–water partition coefficient (Wildman–Crippen LogP) is 1.09. The van der Waals surface area contributed by atoms with Crippen molar-refractivity contribution in [2.75, 3.05) is 6.61 Å². The van der Waals surface area contributed by atoms with Gasteiger partial charge in [0.1, 0.15) is 18.7 Å². The number of aliphatic hydroxyl groups excluding tert-OH is 1. The molecule has 0 saturated carbocycles. The molecular weight excluding hydrogens is 364 g/mol. The van der Waals surface area contributed by atoms with E-state index in [1.165, 1.54) is 0 Å². The lowest BCUT2D eigenvalue weighted by molar-refractivity contribution is -0.143. The van der Waals surface area contributed by atoms with Crippen LogP contribution in [0, 0.1) is 0 Å². The van der Waals surface area contributed by atoms with E-state index in [4.69, 9.17) is 14.9 Å². The Morgan fingerprint density at radius 2 is 1.43 bits per heavy atom. The number of ether oxygens (including phenoxy) is 1. The van der Waals surface area contributed by atoms with E-state index in [0.29, 0.717) is 0 Å². The summed E-state index contributed by atoms with van der Waals surface area (Å²) in [7, 11) is 0. The molecule has 2 amide bonds. The molecule has 8 heteroatoms. The van der Waals surface area contributed by atoms with Crippen LogP contribution in [0.3, 0.4) is 0 Å². The Kier molecular flexibility index (Phi) is 7.98. The Morgan fingerprint density at radius 1 is 0.857 bits per heavy atom. The molecule has 2 aromatic rings. The third-order valence-electron chi connectivity index (χ3n) is 3.90. The number of aliphatic carboxylic acids is 1. The van der Waals surface area contributed by atoms with Crippen molar-refractivity contribution in [3.05, 3.63) is 71.8 Å². The number of carbonyl (C=O) groups is 3. The normalized spacial score (nSPS) is 12.5. The number of amides is 2. The summed E-state index contributed by atoms with van der Waals surface area (Å²) in [5.74, 6) is -2.11. The first-order valence-electron chi connectivity index (χ1n) is 8.64. The van der Waals surface area contributed by atoms with Crippen molar-refractivity contribution in [3.63, 3.8) is 0 Å². The quantitative estimate of drug-likeness (QED) is 0.511. The Balaban J connectivity index is 2.03. The van der Waals surface area contributed by atoms with Crippen molar-refractivity contribution in [2.45, 2.75) is 25.1 Å². The van der Waals surface area contributed by atoms with Gasteiger partial charge in [0.25, 0.3) is 0 Å². The van der Waals surface area contributed by atoms with Crippen LogP contribution in [0.5, 0.6) is 0 Å². The van der Waals surface area contributed by atoms with Gasteiger partial charge in [-0.25, -0.2) is 9.59 Å². The van der Waals surface area contributed by atoms with E-state index in [2.05, 4.69) is 10.6 Å². The maximum absolute atomic E-state index is 12.5. The lowest BCUT2D eigenvalue weighted by Gasteiger charge is -2.20. The standard InChI is InChI=1S/C20H22N2O6/c23-12-17(19(25)26)21-18(24)16(11-14-7-3-1-4-8-14)22-20(27)28-13-15-9-5-2-6-10-15/h1-10,16-17,23H,11-13H2,(H,21,24)(H,22,27)(H,25,26)/t16-,17+/m1/s1. The van der Waals surface area contributed by atoms with Gasteiger partial charge in [0, 0.05) is 6.42 Å². The Bertz CT molecular complexity index is 782. The van der Waals surface area contributed by atoms with Crippen molar-refractivity contribution < 1.29 is 29.3 Å². The lowest BCUT2D eigenvalue weighted by atomic mass is 10.1. The molecular formula is C20H22N2O6. The highest BCUT2D eigenvalue weighted by Crippen LogP contribution is 2.06. The molecule has 4 N–H and O–H groups in total. The molecule has 2 rings (SSSR count). The van der Waals surface area contributed by atoms with E-state index >= 15 is 0 Å². The first-order valence-corrected chi connectivity index (χ1v) is 8.64. The minimum atomic E-state index is -1.46. The summed E-state index contributed by atoms with van der Waals surface area (Å²) in [6.45, 7) is -0.738. The number of rotatable bonds is 9. The van der Waals surface area contributed by atoms with Crippen LogP contribution in [0.2, 0.25) is 0 Å². The second kappa shape index (κ2) is 10.7. The zero-order chi connectivity index (χ0) is 20.4. The Labute approximate surface area is 162 Å². The monoisotopic (exact) mass is 386 g/mol. The maximum Gasteiger partial charge on any atom is 0.408 e. The number of carbonyl (C=O) groups excluding carboxylic acids is 2.